The first-order valence-electron chi connectivity index (χ1n) is 10.5. The van der Waals surface area contributed by atoms with E-state index in [1.165, 1.54) is 13.3 Å². The average molecular weight is 548 g/mol. The molecule has 3 aromatic rings. The van der Waals surface area contributed by atoms with Gasteiger partial charge in [-0.05, 0) is 60.9 Å². The molecule has 10 heteroatoms. The minimum Gasteiger partial charge on any atom is -0.453 e. The van der Waals surface area contributed by atoms with Crippen LogP contribution in [0.4, 0.5) is 16.2 Å². The number of nitrogens with one attached hydrogen (secondary N) is 2. The normalized spacial score (nSPS) is 11.5. The Balaban J connectivity index is 1.93. The monoisotopic (exact) mass is 546 g/mol. The van der Waals surface area contributed by atoms with Crippen LogP contribution in [0.3, 0.4) is 0 Å². The van der Waals surface area contributed by atoms with Crippen LogP contribution in [0.15, 0.2) is 54.9 Å². The lowest BCUT2D eigenvalue weighted by molar-refractivity contribution is -0.116. The van der Waals surface area contributed by atoms with E-state index in [4.69, 9.17) is 11.6 Å². The Morgan fingerprint density at radius 3 is 2.65 bits per heavy atom. The molecule has 0 saturated heterocycles. The van der Waals surface area contributed by atoms with Crippen LogP contribution in [0.25, 0.3) is 11.3 Å². The van der Waals surface area contributed by atoms with Gasteiger partial charge in [0.2, 0.25) is 5.91 Å². The van der Waals surface area contributed by atoms with E-state index >= 15 is 0 Å². The summed E-state index contributed by atoms with van der Waals surface area (Å²) < 4.78 is 4.65. The van der Waals surface area contributed by atoms with Crippen LogP contribution in [-0.4, -0.2) is 39.5 Å². The summed E-state index contributed by atoms with van der Waals surface area (Å²) in [6.45, 7) is 0. The van der Waals surface area contributed by atoms with Crippen LogP contribution in [0.2, 0.25) is 5.02 Å². The number of aromatic nitrogens is 2. The molecular weight excluding hydrogens is 524 g/mol. The predicted molar refractivity (Wildman–Crippen MR) is 135 cm³/mol. The van der Waals surface area contributed by atoms with Crippen LogP contribution in [-0.2, 0) is 9.53 Å². The maximum atomic E-state index is 12.5. The van der Waals surface area contributed by atoms with Gasteiger partial charge in [-0.3, -0.25) is 20.1 Å². The number of unbranched alkanes of at least 4 members (excludes halogenated alkanes) is 1. The first-order chi connectivity index (χ1) is 16.4. The largest absolute Gasteiger partial charge is 0.453 e. The molecule has 0 aliphatic heterocycles. The molecule has 2 amide bonds. The summed E-state index contributed by atoms with van der Waals surface area (Å²) >= 11 is 9.26. The summed E-state index contributed by atoms with van der Waals surface area (Å²) in [7, 11) is 1.27. The molecule has 178 valence electrons. The Kier molecular flexibility index (Phi) is 9.38. The number of aliphatic hydroxyl groups excluding tert-OH is 1. The van der Waals surface area contributed by atoms with Crippen LogP contribution < -0.4 is 10.6 Å². The van der Waals surface area contributed by atoms with Gasteiger partial charge < -0.3 is 15.2 Å². The zero-order chi connectivity index (χ0) is 24.5. The Hall–Kier alpha value is -3.01. The third kappa shape index (κ3) is 6.99. The van der Waals surface area contributed by atoms with Crippen LogP contribution in [0.1, 0.15) is 36.6 Å². The number of halogens is 2. The highest BCUT2D eigenvalue weighted by Gasteiger charge is 2.16. The van der Waals surface area contributed by atoms with E-state index in [0.717, 1.165) is 18.2 Å². The van der Waals surface area contributed by atoms with Crippen molar-refractivity contribution in [1.29, 1.82) is 0 Å². The first kappa shape index (κ1) is 25.6. The van der Waals surface area contributed by atoms with Crippen LogP contribution in [0, 0.1) is 0 Å². The minimum absolute atomic E-state index is 0.154. The van der Waals surface area contributed by atoms with Crippen molar-refractivity contribution in [3.8, 4) is 11.3 Å². The summed E-state index contributed by atoms with van der Waals surface area (Å²) in [6, 6.07) is 11.8. The highest BCUT2D eigenvalue weighted by atomic mass is 79.9. The SMILES string of the molecule is COC(=O)Nc1ccc(-c2cc(C(O)c3ccc(Cl)cn3)ccn2)c(NC(=O)CCCCBr)c1. The van der Waals surface area contributed by atoms with Crippen molar-refractivity contribution >= 4 is 50.9 Å². The number of ether oxygens (including phenoxy) is 1. The van der Waals surface area contributed by atoms with E-state index < -0.39 is 12.2 Å². The Morgan fingerprint density at radius 2 is 1.94 bits per heavy atom. The number of alkyl halides is 1. The van der Waals surface area contributed by atoms with Crippen molar-refractivity contribution in [3.05, 3.63) is 71.1 Å². The summed E-state index contributed by atoms with van der Waals surface area (Å²) in [5.74, 6) is -0.154. The second-order valence-electron chi connectivity index (χ2n) is 7.35. The van der Waals surface area contributed by atoms with E-state index in [9.17, 15) is 14.7 Å². The molecule has 0 bridgehead atoms. The first-order valence-corrected chi connectivity index (χ1v) is 12.0. The van der Waals surface area contributed by atoms with Gasteiger partial charge in [-0.1, -0.05) is 27.5 Å². The lowest BCUT2D eigenvalue weighted by Crippen LogP contribution is -2.14. The van der Waals surface area contributed by atoms with Crippen molar-refractivity contribution < 1.29 is 19.4 Å². The Labute approximate surface area is 210 Å². The van der Waals surface area contributed by atoms with Crippen molar-refractivity contribution in [1.82, 2.24) is 9.97 Å². The zero-order valence-electron chi connectivity index (χ0n) is 18.4. The number of anilines is 2. The number of amides is 2. The summed E-state index contributed by atoms with van der Waals surface area (Å²) in [4.78, 5) is 32.8. The lowest BCUT2D eigenvalue weighted by Gasteiger charge is -2.15. The fourth-order valence-corrected chi connectivity index (χ4v) is 3.70. The number of rotatable bonds is 9. The lowest BCUT2D eigenvalue weighted by atomic mass is 10.0. The average Bonchev–Trinajstić information content (AvgIpc) is 2.84. The zero-order valence-corrected chi connectivity index (χ0v) is 20.8. The number of nitrogens with zero attached hydrogens (tertiary/aromatic N) is 2. The Bertz CT molecular complexity index is 1140. The number of benzene rings is 1. The number of hydrogen-bond acceptors (Lipinski definition) is 6. The molecule has 0 saturated carbocycles. The molecule has 1 aromatic carbocycles. The van der Waals surface area contributed by atoms with Gasteiger partial charge in [-0.25, -0.2) is 4.79 Å². The third-order valence-corrected chi connectivity index (χ3v) is 5.70. The Morgan fingerprint density at radius 1 is 1.12 bits per heavy atom. The summed E-state index contributed by atoms with van der Waals surface area (Å²) in [5, 5.41) is 17.6. The van der Waals surface area contributed by atoms with Gasteiger partial charge in [0.1, 0.15) is 6.10 Å². The van der Waals surface area contributed by atoms with Crippen molar-refractivity contribution in [3.63, 3.8) is 0 Å². The van der Waals surface area contributed by atoms with Gasteiger partial charge in [0.15, 0.2) is 0 Å². The molecule has 0 fully saturated rings. The fraction of sp³-hybridized carbons (Fsp3) is 0.250. The smallest absolute Gasteiger partial charge is 0.411 e. The van der Waals surface area contributed by atoms with Gasteiger partial charge in [0, 0.05) is 35.4 Å². The fourth-order valence-electron chi connectivity index (χ4n) is 3.19. The molecule has 2 aromatic heterocycles. The molecule has 1 unspecified atom stereocenters. The molecule has 0 aliphatic carbocycles. The van der Waals surface area contributed by atoms with Gasteiger partial charge in [-0.15, -0.1) is 0 Å². The second-order valence-corrected chi connectivity index (χ2v) is 8.58. The maximum absolute atomic E-state index is 12.5. The number of carbonyl (C=O) groups excluding carboxylic acids is 2. The quantitative estimate of drug-likeness (QED) is 0.239. The topological polar surface area (TPSA) is 113 Å². The highest BCUT2D eigenvalue weighted by molar-refractivity contribution is 9.09. The van der Waals surface area contributed by atoms with Crippen LogP contribution in [0.5, 0.6) is 0 Å². The van der Waals surface area contributed by atoms with Crippen molar-refractivity contribution in [2.24, 2.45) is 0 Å². The summed E-state index contributed by atoms with van der Waals surface area (Å²) in [5.41, 5.74) is 3.10. The number of hydrogen-bond donors (Lipinski definition) is 3. The van der Waals surface area contributed by atoms with E-state index in [0.29, 0.717) is 45.3 Å². The molecule has 2 heterocycles. The van der Waals surface area contributed by atoms with Gasteiger partial charge >= 0.3 is 6.09 Å². The molecule has 8 nitrogen and oxygen atoms in total. The minimum atomic E-state index is -0.985. The molecule has 1 atom stereocenters. The number of methoxy groups -OCH3 is 1. The number of pyridine rings is 2. The summed E-state index contributed by atoms with van der Waals surface area (Å²) in [6.07, 6.45) is 3.41. The maximum Gasteiger partial charge on any atom is 0.411 e. The van der Waals surface area contributed by atoms with E-state index in [-0.39, 0.29) is 5.91 Å². The van der Waals surface area contributed by atoms with Crippen molar-refractivity contribution in [2.45, 2.75) is 25.4 Å². The predicted octanol–water partition coefficient (Wildman–Crippen LogP) is 5.56. The standard InChI is InChI=1S/C24H24BrClN4O4/c1-34-24(33)29-17-6-7-18(21(13-17)30-22(31)4-2-3-10-25)20-12-15(9-11-27-20)23(32)19-8-5-16(26)14-28-19/h5-9,11-14,23,32H,2-4,10H2,1H3,(H,29,33)(H,30,31). The van der Waals surface area contributed by atoms with Crippen LogP contribution >= 0.6 is 27.5 Å². The van der Waals surface area contributed by atoms with Gasteiger partial charge in [0.05, 0.1) is 29.2 Å². The molecule has 34 heavy (non-hydrogen) atoms. The van der Waals surface area contributed by atoms with E-state index in [1.807, 2.05) is 0 Å². The van der Waals surface area contributed by atoms with Gasteiger partial charge in [0.25, 0.3) is 0 Å². The molecule has 0 spiro atoms. The van der Waals surface area contributed by atoms with Gasteiger partial charge in [-0.2, -0.15) is 0 Å². The van der Waals surface area contributed by atoms with E-state index in [1.54, 1.807) is 48.7 Å². The molecular formula is C24H24BrClN4O4. The molecule has 0 radical (unpaired) electrons. The second kappa shape index (κ2) is 12.5. The third-order valence-electron chi connectivity index (χ3n) is 4.92. The highest BCUT2D eigenvalue weighted by Crippen LogP contribution is 2.32. The van der Waals surface area contributed by atoms with E-state index in [2.05, 4.69) is 41.3 Å². The number of carbonyl (C=O) groups is 2. The molecule has 3 N–H and O–H groups in total. The molecule has 3 rings (SSSR count). The molecule has 0 aliphatic rings. The van der Waals surface area contributed by atoms with Crippen molar-refractivity contribution in [2.75, 3.05) is 23.1 Å². The number of aliphatic hydroxyl groups is 1.